The molecule has 3 nitrogen and oxygen atoms in total. The van der Waals surface area contributed by atoms with Crippen LogP contribution >= 0.6 is 22.7 Å². The summed E-state index contributed by atoms with van der Waals surface area (Å²) in [6, 6.07) is 10.1. The SMILES string of the molecule is Cc1ccc(/C=C(/C#N)c2nc(-c3ccncc3)cs2)s1. The molecule has 3 aromatic rings. The van der Waals surface area contributed by atoms with E-state index < -0.39 is 0 Å². The van der Waals surface area contributed by atoms with Gasteiger partial charge in [-0.25, -0.2) is 4.98 Å². The molecule has 3 aromatic heterocycles. The van der Waals surface area contributed by atoms with Crippen LogP contribution in [0.15, 0.2) is 42.0 Å². The Hall–Kier alpha value is -2.29. The number of hydrogen-bond acceptors (Lipinski definition) is 5. The zero-order chi connectivity index (χ0) is 14.7. The van der Waals surface area contributed by atoms with Crippen molar-refractivity contribution in [1.29, 1.82) is 5.26 Å². The average molecular weight is 309 g/mol. The Morgan fingerprint density at radius 1 is 1.24 bits per heavy atom. The van der Waals surface area contributed by atoms with Crippen LogP contribution in [-0.4, -0.2) is 9.97 Å². The molecule has 0 saturated heterocycles. The predicted octanol–water partition coefficient (Wildman–Crippen LogP) is 4.64. The molecule has 0 amide bonds. The van der Waals surface area contributed by atoms with E-state index in [9.17, 15) is 5.26 Å². The fourth-order valence-electron chi connectivity index (χ4n) is 1.87. The van der Waals surface area contributed by atoms with Crippen molar-refractivity contribution in [3.63, 3.8) is 0 Å². The van der Waals surface area contributed by atoms with Crippen molar-refractivity contribution >= 4 is 34.3 Å². The fraction of sp³-hybridized carbons (Fsp3) is 0.0625. The Kier molecular flexibility index (Phi) is 3.91. The van der Waals surface area contributed by atoms with E-state index in [0.29, 0.717) is 5.57 Å². The Morgan fingerprint density at radius 2 is 2.05 bits per heavy atom. The first-order valence-electron chi connectivity index (χ1n) is 6.31. The molecule has 0 aliphatic heterocycles. The van der Waals surface area contributed by atoms with Gasteiger partial charge in [-0.1, -0.05) is 0 Å². The minimum atomic E-state index is 0.599. The zero-order valence-corrected chi connectivity index (χ0v) is 12.9. The second-order valence-corrected chi connectivity index (χ2v) is 6.57. The van der Waals surface area contributed by atoms with Gasteiger partial charge in [-0.15, -0.1) is 22.7 Å². The van der Waals surface area contributed by atoms with Crippen LogP contribution in [0.4, 0.5) is 0 Å². The van der Waals surface area contributed by atoms with Crippen molar-refractivity contribution in [2.75, 3.05) is 0 Å². The molecule has 0 aromatic carbocycles. The second kappa shape index (κ2) is 6.00. The van der Waals surface area contributed by atoms with Gasteiger partial charge in [0.15, 0.2) is 0 Å². The molecular weight excluding hydrogens is 298 g/mol. The molecule has 0 radical (unpaired) electrons. The van der Waals surface area contributed by atoms with Gasteiger partial charge in [0.1, 0.15) is 11.1 Å². The van der Waals surface area contributed by atoms with Gasteiger partial charge >= 0.3 is 0 Å². The van der Waals surface area contributed by atoms with Crippen molar-refractivity contribution < 1.29 is 0 Å². The van der Waals surface area contributed by atoms with Crippen LogP contribution in [0, 0.1) is 18.3 Å². The number of hydrogen-bond donors (Lipinski definition) is 0. The number of thiazole rings is 1. The molecule has 0 aliphatic carbocycles. The lowest BCUT2D eigenvalue weighted by atomic mass is 10.2. The van der Waals surface area contributed by atoms with E-state index in [1.54, 1.807) is 23.7 Å². The first-order valence-corrected chi connectivity index (χ1v) is 8.00. The molecule has 5 heteroatoms. The Bertz CT molecular complexity index is 823. The molecule has 0 bridgehead atoms. The summed E-state index contributed by atoms with van der Waals surface area (Å²) < 4.78 is 0. The fourth-order valence-corrected chi connectivity index (χ4v) is 3.48. The van der Waals surface area contributed by atoms with Crippen LogP contribution < -0.4 is 0 Å². The second-order valence-electron chi connectivity index (χ2n) is 4.39. The van der Waals surface area contributed by atoms with Crippen molar-refractivity contribution in [2.45, 2.75) is 6.92 Å². The van der Waals surface area contributed by atoms with Gasteiger partial charge in [-0.2, -0.15) is 5.26 Å². The molecule has 102 valence electrons. The van der Waals surface area contributed by atoms with E-state index in [4.69, 9.17) is 0 Å². The van der Waals surface area contributed by atoms with E-state index >= 15 is 0 Å². The summed E-state index contributed by atoms with van der Waals surface area (Å²) >= 11 is 3.16. The van der Waals surface area contributed by atoms with Gasteiger partial charge in [-0.05, 0) is 37.3 Å². The number of rotatable bonds is 3. The summed E-state index contributed by atoms with van der Waals surface area (Å²) in [6.45, 7) is 2.05. The van der Waals surface area contributed by atoms with Crippen LogP contribution in [0.25, 0.3) is 22.9 Å². The first-order chi connectivity index (χ1) is 10.3. The normalized spacial score (nSPS) is 11.3. The number of nitrogens with zero attached hydrogens (tertiary/aromatic N) is 3. The van der Waals surface area contributed by atoms with E-state index in [1.807, 2.05) is 29.7 Å². The van der Waals surface area contributed by atoms with Crippen LogP contribution in [-0.2, 0) is 0 Å². The molecule has 0 saturated carbocycles. The molecule has 0 spiro atoms. The maximum atomic E-state index is 9.37. The van der Waals surface area contributed by atoms with E-state index in [1.165, 1.54) is 16.2 Å². The minimum absolute atomic E-state index is 0.599. The van der Waals surface area contributed by atoms with Gasteiger partial charge < -0.3 is 0 Å². The van der Waals surface area contributed by atoms with Crippen LogP contribution in [0.1, 0.15) is 14.8 Å². The third-order valence-electron chi connectivity index (χ3n) is 2.88. The standard InChI is InChI=1S/C16H11N3S2/c1-11-2-3-14(21-11)8-13(9-17)16-19-15(10-20-16)12-4-6-18-7-5-12/h2-8,10H,1H3/b13-8-. The summed E-state index contributed by atoms with van der Waals surface area (Å²) in [6.07, 6.45) is 5.38. The lowest BCUT2D eigenvalue weighted by Gasteiger charge is -1.94. The van der Waals surface area contributed by atoms with Crippen molar-refractivity contribution in [3.8, 4) is 17.3 Å². The molecule has 3 rings (SSSR count). The lowest BCUT2D eigenvalue weighted by Crippen LogP contribution is -1.82. The highest BCUT2D eigenvalue weighted by atomic mass is 32.1. The highest BCUT2D eigenvalue weighted by Gasteiger charge is 2.09. The summed E-state index contributed by atoms with van der Waals surface area (Å²) in [5.41, 5.74) is 2.49. The largest absolute Gasteiger partial charge is 0.265 e. The molecule has 21 heavy (non-hydrogen) atoms. The van der Waals surface area contributed by atoms with Crippen LogP contribution in [0.3, 0.4) is 0 Å². The molecule has 3 heterocycles. The van der Waals surface area contributed by atoms with Gasteiger partial charge in [-0.3, -0.25) is 4.98 Å². The Balaban J connectivity index is 1.95. The van der Waals surface area contributed by atoms with Gasteiger partial charge in [0, 0.05) is 33.1 Å². The number of pyridine rings is 1. The maximum absolute atomic E-state index is 9.37. The average Bonchev–Trinajstić information content (AvgIpc) is 3.15. The third kappa shape index (κ3) is 3.07. The molecule has 0 aliphatic rings. The third-order valence-corrected chi connectivity index (χ3v) is 4.70. The van der Waals surface area contributed by atoms with Gasteiger partial charge in [0.2, 0.25) is 0 Å². The molecule has 0 N–H and O–H groups in total. The summed E-state index contributed by atoms with van der Waals surface area (Å²) in [7, 11) is 0. The predicted molar refractivity (Wildman–Crippen MR) is 87.9 cm³/mol. The number of aromatic nitrogens is 2. The minimum Gasteiger partial charge on any atom is -0.265 e. The number of allylic oxidation sites excluding steroid dienone is 1. The maximum Gasteiger partial charge on any atom is 0.134 e. The smallest absolute Gasteiger partial charge is 0.134 e. The summed E-state index contributed by atoms with van der Waals surface area (Å²) in [4.78, 5) is 10.9. The zero-order valence-electron chi connectivity index (χ0n) is 11.3. The molecular formula is C16H11N3S2. The first kappa shape index (κ1) is 13.7. The highest BCUT2D eigenvalue weighted by molar-refractivity contribution is 7.13. The summed E-state index contributed by atoms with van der Waals surface area (Å²) in [5, 5.41) is 12.1. The monoisotopic (exact) mass is 309 g/mol. The topological polar surface area (TPSA) is 49.6 Å². The van der Waals surface area contributed by atoms with Crippen molar-refractivity contribution in [1.82, 2.24) is 9.97 Å². The Morgan fingerprint density at radius 3 is 2.71 bits per heavy atom. The quantitative estimate of drug-likeness (QED) is 0.662. The number of thiophene rings is 1. The molecule has 0 unspecified atom stereocenters. The van der Waals surface area contributed by atoms with Crippen LogP contribution in [0.5, 0.6) is 0 Å². The van der Waals surface area contributed by atoms with E-state index in [0.717, 1.165) is 21.1 Å². The van der Waals surface area contributed by atoms with Gasteiger partial charge in [0.25, 0.3) is 0 Å². The van der Waals surface area contributed by atoms with E-state index in [-0.39, 0.29) is 0 Å². The Labute approximate surface area is 130 Å². The van der Waals surface area contributed by atoms with Gasteiger partial charge in [0.05, 0.1) is 11.3 Å². The van der Waals surface area contributed by atoms with E-state index in [2.05, 4.69) is 29.0 Å². The van der Waals surface area contributed by atoms with Crippen molar-refractivity contribution in [3.05, 3.63) is 56.8 Å². The highest BCUT2D eigenvalue weighted by Crippen LogP contribution is 2.28. The lowest BCUT2D eigenvalue weighted by molar-refractivity contribution is 1.31. The number of nitriles is 1. The molecule has 0 fully saturated rings. The number of aryl methyl sites for hydroxylation is 1. The molecule has 0 atom stereocenters. The summed E-state index contributed by atoms with van der Waals surface area (Å²) in [5.74, 6) is 0. The van der Waals surface area contributed by atoms with Crippen molar-refractivity contribution in [2.24, 2.45) is 0 Å². The van der Waals surface area contributed by atoms with Crippen LogP contribution in [0.2, 0.25) is 0 Å².